The van der Waals surface area contributed by atoms with Crippen molar-refractivity contribution in [1.29, 1.82) is 5.26 Å². The van der Waals surface area contributed by atoms with Crippen LogP contribution in [0.4, 0.5) is 5.69 Å². The second-order valence-corrected chi connectivity index (χ2v) is 12.0. The molecule has 0 aliphatic carbocycles. The molecule has 1 aromatic carbocycles. The number of fused-ring (bicyclic) bond motifs is 2. The van der Waals surface area contributed by atoms with Gasteiger partial charge in [0.2, 0.25) is 0 Å². The number of aliphatic hydroxyl groups is 1. The third-order valence-corrected chi connectivity index (χ3v) is 9.27. The Morgan fingerprint density at radius 2 is 2.03 bits per heavy atom. The van der Waals surface area contributed by atoms with Gasteiger partial charge in [-0.3, -0.25) is 9.88 Å². The summed E-state index contributed by atoms with van der Waals surface area (Å²) in [6, 6.07) is 11.2. The van der Waals surface area contributed by atoms with Gasteiger partial charge in [-0.2, -0.15) is 5.26 Å². The molecule has 2 aromatic rings. The third-order valence-electron chi connectivity index (χ3n) is 7.21. The number of pyridine rings is 1. The van der Waals surface area contributed by atoms with Gasteiger partial charge in [0.1, 0.15) is 23.3 Å². The van der Waals surface area contributed by atoms with Gasteiger partial charge in [0.25, 0.3) is 0 Å². The standard InChI is InChI=1S/C24H30N4O4S/c1-23(2,33(3,30)31)21-7-5-18(16-26-21)32-13-12-28-10-8-24(9-11-28)19-14-17(15-25)4-6-20(19)27-22(24)29/h4-7,14,16,22,27,29H,8-13H2,1-3H3. The van der Waals surface area contributed by atoms with Crippen LogP contribution in [0.25, 0.3) is 0 Å². The van der Waals surface area contributed by atoms with Crippen LogP contribution in [-0.2, 0) is 20.0 Å². The first-order chi connectivity index (χ1) is 15.6. The van der Waals surface area contributed by atoms with Crippen molar-refractivity contribution in [3.05, 3.63) is 53.3 Å². The van der Waals surface area contributed by atoms with Gasteiger partial charge in [0.05, 0.1) is 23.5 Å². The molecule has 1 saturated heterocycles. The molecule has 2 aliphatic rings. The number of ether oxygens (including phenoxy) is 1. The predicted octanol–water partition coefficient (Wildman–Crippen LogP) is 2.39. The van der Waals surface area contributed by atoms with E-state index in [9.17, 15) is 18.8 Å². The second kappa shape index (κ2) is 8.60. The quantitative estimate of drug-likeness (QED) is 0.661. The monoisotopic (exact) mass is 470 g/mol. The summed E-state index contributed by atoms with van der Waals surface area (Å²) in [7, 11) is -3.28. The van der Waals surface area contributed by atoms with Crippen molar-refractivity contribution in [2.75, 3.05) is 37.8 Å². The van der Waals surface area contributed by atoms with E-state index in [4.69, 9.17) is 4.74 Å². The van der Waals surface area contributed by atoms with E-state index in [1.54, 1.807) is 38.2 Å². The minimum absolute atomic E-state index is 0.369. The normalized spacial score (nSPS) is 20.2. The Morgan fingerprint density at radius 3 is 2.64 bits per heavy atom. The molecule has 0 saturated carbocycles. The van der Waals surface area contributed by atoms with Crippen molar-refractivity contribution < 1.29 is 18.3 Å². The zero-order valence-electron chi connectivity index (χ0n) is 19.2. The van der Waals surface area contributed by atoms with E-state index in [0.717, 1.165) is 43.7 Å². The number of aliphatic hydroxyl groups excluding tert-OH is 1. The third kappa shape index (κ3) is 4.31. The van der Waals surface area contributed by atoms with Crippen molar-refractivity contribution in [3.63, 3.8) is 0 Å². The largest absolute Gasteiger partial charge is 0.491 e. The molecular formula is C24H30N4O4S. The topological polar surface area (TPSA) is 116 Å². The van der Waals surface area contributed by atoms with Crippen molar-refractivity contribution in [2.24, 2.45) is 0 Å². The lowest BCUT2D eigenvalue weighted by atomic mass is 9.72. The number of nitrogens with one attached hydrogen (secondary N) is 1. The van der Waals surface area contributed by atoms with Gasteiger partial charge in [-0.1, -0.05) is 0 Å². The molecule has 8 nitrogen and oxygen atoms in total. The Morgan fingerprint density at radius 1 is 1.30 bits per heavy atom. The van der Waals surface area contributed by atoms with Crippen LogP contribution in [0.3, 0.4) is 0 Å². The van der Waals surface area contributed by atoms with Gasteiger partial charge in [-0.05, 0) is 75.7 Å². The first kappa shape index (κ1) is 23.5. The molecular weight excluding hydrogens is 440 g/mol. The summed E-state index contributed by atoms with van der Waals surface area (Å²) in [5.41, 5.74) is 2.68. The van der Waals surface area contributed by atoms with E-state index >= 15 is 0 Å². The van der Waals surface area contributed by atoms with E-state index in [1.165, 1.54) is 6.26 Å². The summed E-state index contributed by atoms with van der Waals surface area (Å²) in [4.78, 5) is 6.60. The summed E-state index contributed by atoms with van der Waals surface area (Å²) < 4.78 is 28.8. The average Bonchev–Trinajstić information content (AvgIpc) is 3.05. The highest BCUT2D eigenvalue weighted by Gasteiger charge is 2.48. The van der Waals surface area contributed by atoms with E-state index in [2.05, 4.69) is 21.3 Å². The highest BCUT2D eigenvalue weighted by Crippen LogP contribution is 2.47. The molecule has 9 heteroatoms. The number of benzene rings is 1. The van der Waals surface area contributed by atoms with Crippen molar-refractivity contribution >= 4 is 15.5 Å². The Labute approximate surface area is 195 Å². The van der Waals surface area contributed by atoms with Crippen LogP contribution < -0.4 is 10.1 Å². The lowest BCUT2D eigenvalue weighted by Gasteiger charge is -2.41. The minimum Gasteiger partial charge on any atom is -0.491 e. The lowest BCUT2D eigenvalue weighted by molar-refractivity contribution is 0.0524. The average molecular weight is 471 g/mol. The number of rotatable bonds is 6. The fourth-order valence-corrected chi connectivity index (χ4v) is 5.11. The fourth-order valence-electron chi connectivity index (χ4n) is 4.61. The predicted molar refractivity (Wildman–Crippen MR) is 126 cm³/mol. The molecule has 1 spiro atoms. The minimum atomic E-state index is -3.28. The lowest BCUT2D eigenvalue weighted by Crippen LogP contribution is -2.49. The van der Waals surface area contributed by atoms with Crippen LogP contribution in [0.1, 0.15) is 43.5 Å². The number of likely N-dealkylation sites (tertiary alicyclic amines) is 1. The number of nitrogens with zero attached hydrogens (tertiary/aromatic N) is 3. The first-order valence-corrected chi connectivity index (χ1v) is 13.0. The fraction of sp³-hybridized carbons (Fsp3) is 0.500. The highest BCUT2D eigenvalue weighted by molar-refractivity contribution is 7.91. The molecule has 0 amide bonds. The van der Waals surface area contributed by atoms with Crippen molar-refractivity contribution in [3.8, 4) is 11.8 Å². The molecule has 0 radical (unpaired) electrons. The molecule has 176 valence electrons. The maximum atomic E-state index is 12.0. The Kier molecular flexibility index (Phi) is 6.12. The van der Waals surface area contributed by atoms with E-state index < -0.39 is 20.8 Å². The van der Waals surface area contributed by atoms with Gasteiger partial charge in [0, 0.05) is 23.9 Å². The van der Waals surface area contributed by atoms with E-state index in [0.29, 0.717) is 23.6 Å². The number of piperidine rings is 1. The molecule has 1 atom stereocenters. The molecule has 4 rings (SSSR count). The molecule has 0 bridgehead atoms. The summed E-state index contributed by atoms with van der Waals surface area (Å²) in [6.45, 7) is 6.14. The molecule has 2 N–H and O–H groups in total. The maximum Gasteiger partial charge on any atom is 0.158 e. The van der Waals surface area contributed by atoms with E-state index in [1.807, 2.05) is 12.1 Å². The van der Waals surface area contributed by atoms with Crippen molar-refractivity contribution in [2.45, 2.75) is 43.1 Å². The van der Waals surface area contributed by atoms with Crippen LogP contribution in [0.2, 0.25) is 0 Å². The van der Waals surface area contributed by atoms with Gasteiger partial charge < -0.3 is 15.2 Å². The number of hydrogen-bond acceptors (Lipinski definition) is 8. The number of sulfone groups is 1. The van der Waals surface area contributed by atoms with Crippen LogP contribution in [0, 0.1) is 11.3 Å². The SMILES string of the molecule is CC(C)(c1ccc(OCCN2CCC3(CC2)c2cc(C#N)ccc2NC3O)cn1)S(C)(=O)=O. The Bertz CT molecular complexity index is 1160. The number of hydrogen-bond donors (Lipinski definition) is 2. The molecule has 1 fully saturated rings. The highest BCUT2D eigenvalue weighted by atomic mass is 32.2. The summed E-state index contributed by atoms with van der Waals surface area (Å²) in [5, 5.41) is 23.2. The van der Waals surface area contributed by atoms with E-state index in [-0.39, 0.29) is 5.41 Å². The second-order valence-electron chi connectivity index (χ2n) is 9.43. The van der Waals surface area contributed by atoms with Crippen molar-refractivity contribution in [1.82, 2.24) is 9.88 Å². The zero-order valence-corrected chi connectivity index (χ0v) is 20.0. The van der Waals surface area contributed by atoms with Crippen LogP contribution in [0.15, 0.2) is 36.5 Å². The molecule has 33 heavy (non-hydrogen) atoms. The Balaban J connectivity index is 1.32. The van der Waals surface area contributed by atoms with Crippen LogP contribution >= 0.6 is 0 Å². The number of aromatic nitrogens is 1. The van der Waals surface area contributed by atoms with Gasteiger partial charge in [-0.15, -0.1) is 0 Å². The molecule has 3 heterocycles. The summed E-state index contributed by atoms with van der Waals surface area (Å²) >= 11 is 0. The number of anilines is 1. The zero-order chi connectivity index (χ0) is 23.9. The van der Waals surface area contributed by atoms with Gasteiger partial charge in [0.15, 0.2) is 9.84 Å². The number of nitriles is 1. The van der Waals surface area contributed by atoms with Crippen LogP contribution in [0.5, 0.6) is 5.75 Å². The molecule has 1 aromatic heterocycles. The smallest absolute Gasteiger partial charge is 0.158 e. The van der Waals surface area contributed by atoms with Gasteiger partial charge in [-0.25, -0.2) is 8.42 Å². The van der Waals surface area contributed by atoms with Crippen LogP contribution in [-0.4, -0.2) is 62.1 Å². The molecule has 1 unspecified atom stereocenters. The maximum absolute atomic E-state index is 12.0. The summed E-state index contributed by atoms with van der Waals surface area (Å²) in [5.74, 6) is 0.602. The Hall–Kier alpha value is -2.67. The first-order valence-electron chi connectivity index (χ1n) is 11.1. The van der Waals surface area contributed by atoms with Gasteiger partial charge >= 0.3 is 0 Å². The summed E-state index contributed by atoms with van der Waals surface area (Å²) in [6.07, 6.45) is 3.71. The molecule has 2 aliphatic heterocycles.